The van der Waals surface area contributed by atoms with Crippen LogP contribution in [0, 0.1) is 6.92 Å². The van der Waals surface area contributed by atoms with Crippen LogP contribution in [-0.4, -0.2) is 80.1 Å². The Hall–Kier alpha value is -2.89. The van der Waals surface area contributed by atoms with Gasteiger partial charge in [-0.2, -0.15) is 0 Å². The first-order valence-corrected chi connectivity index (χ1v) is 7.09. The van der Waals surface area contributed by atoms with Gasteiger partial charge in [0.1, 0.15) is 23.7 Å². The average molecular weight is 374 g/mol. The number of hydrogen-bond donors (Lipinski definition) is 6. The van der Waals surface area contributed by atoms with Gasteiger partial charge in [0.2, 0.25) is 6.10 Å². The minimum absolute atomic E-state index is 0.0751. The molecule has 6 N–H and O–H groups in total. The SMILES string of the molecule is COC(=O)[C@H](OC(=O)c1cc(O)c(C)c(O)c1)[C@@H](O)[C@@H](O)[C@H](O)C(=O)O. The molecule has 0 saturated carbocycles. The number of aliphatic hydroxyl groups is 3. The molecule has 144 valence electrons. The van der Waals surface area contributed by atoms with Gasteiger partial charge in [-0.05, 0) is 19.1 Å². The van der Waals surface area contributed by atoms with E-state index < -0.39 is 59.4 Å². The molecule has 0 aliphatic carbocycles. The second-order valence-corrected chi connectivity index (χ2v) is 5.25. The van der Waals surface area contributed by atoms with Crippen LogP contribution < -0.4 is 0 Å². The number of aliphatic hydroxyl groups excluding tert-OH is 3. The van der Waals surface area contributed by atoms with Crippen LogP contribution >= 0.6 is 0 Å². The molecular formula is C15H18O11. The van der Waals surface area contributed by atoms with Crippen molar-refractivity contribution >= 4 is 17.9 Å². The predicted molar refractivity (Wildman–Crippen MR) is 81.4 cm³/mol. The summed E-state index contributed by atoms with van der Waals surface area (Å²) in [7, 11) is 0.874. The van der Waals surface area contributed by atoms with Crippen LogP contribution in [0.1, 0.15) is 15.9 Å². The Morgan fingerprint density at radius 2 is 1.50 bits per heavy atom. The molecule has 0 aliphatic rings. The van der Waals surface area contributed by atoms with E-state index in [0.29, 0.717) is 0 Å². The number of carbonyl (C=O) groups is 3. The van der Waals surface area contributed by atoms with Crippen molar-refractivity contribution in [3.8, 4) is 11.5 Å². The third-order valence-corrected chi connectivity index (χ3v) is 3.49. The summed E-state index contributed by atoms with van der Waals surface area (Å²) >= 11 is 0. The summed E-state index contributed by atoms with van der Waals surface area (Å²) in [6.45, 7) is 1.37. The normalized spacial score (nSPS) is 15.4. The maximum atomic E-state index is 12.1. The second kappa shape index (κ2) is 8.47. The smallest absolute Gasteiger partial charge is 0.350 e. The Kier molecular flexibility index (Phi) is 6.89. The highest BCUT2D eigenvalue weighted by Gasteiger charge is 2.41. The first kappa shape index (κ1) is 21.2. The second-order valence-electron chi connectivity index (χ2n) is 5.25. The number of carboxylic acids is 1. The van der Waals surface area contributed by atoms with E-state index in [4.69, 9.17) is 9.84 Å². The lowest BCUT2D eigenvalue weighted by atomic mass is 10.0. The fourth-order valence-electron chi connectivity index (χ4n) is 1.87. The molecule has 0 spiro atoms. The number of aliphatic carboxylic acids is 1. The molecule has 4 atom stereocenters. The highest BCUT2D eigenvalue weighted by Crippen LogP contribution is 2.28. The maximum absolute atomic E-state index is 12.1. The summed E-state index contributed by atoms with van der Waals surface area (Å²) in [5, 5.41) is 56.6. The number of methoxy groups -OCH3 is 1. The number of hydrogen-bond acceptors (Lipinski definition) is 10. The Bertz CT molecular complexity index is 676. The zero-order valence-corrected chi connectivity index (χ0v) is 13.7. The zero-order valence-electron chi connectivity index (χ0n) is 13.7. The van der Waals surface area contributed by atoms with E-state index in [9.17, 15) is 39.9 Å². The van der Waals surface area contributed by atoms with Gasteiger partial charge in [0.25, 0.3) is 0 Å². The molecule has 0 radical (unpaired) electrons. The molecule has 11 heteroatoms. The van der Waals surface area contributed by atoms with E-state index in [1.807, 2.05) is 0 Å². The Morgan fingerprint density at radius 3 is 1.92 bits per heavy atom. The van der Waals surface area contributed by atoms with Crippen molar-refractivity contribution in [2.24, 2.45) is 0 Å². The number of carbonyl (C=O) groups excluding carboxylic acids is 2. The van der Waals surface area contributed by atoms with Gasteiger partial charge in [-0.15, -0.1) is 0 Å². The molecule has 1 rings (SSSR count). The molecule has 26 heavy (non-hydrogen) atoms. The lowest BCUT2D eigenvalue weighted by molar-refractivity contribution is -0.174. The number of phenols is 2. The van der Waals surface area contributed by atoms with E-state index in [1.165, 1.54) is 6.92 Å². The molecule has 11 nitrogen and oxygen atoms in total. The van der Waals surface area contributed by atoms with Gasteiger partial charge in [0.05, 0.1) is 12.7 Å². The summed E-state index contributed by atoms with van der Waals surface area (Å²) in [6.07, 6.45) is -9.39. The first-order chi connectivity index (χ1) is 12.0. The topological polar surface area (TPSA) is 191 Å². The van der Waals surface area contributed by atoms with Crippen LogP contribution in [0.3, 0.4) is 0 Å². The van der Waals surface area contributed by atoms with E-state index in [2.05, 4.69) is 4.74 Å². The first-order valence-electron chi connectivity index (χ1n) is 7.09. The van der Waals surface area contributed by atoms with Crippen molar-refractivity contribution in [2.45, 2.75) is 31.3 Å². The third-order valence-electron chi connectivity index (χ3n) is 3.49. The third kappa shape index (κ3) is 4.59. The zero-order chi connectivity index (χ0) is 20.2. The molecule has 0 fully saturated rings. The van der Waals surface area contributed by atoms with Crippen LogP contribution in [0.25, 0.3) is 0 Å². The number of benzene rings is 1. The monoisotopic (exact) mass is 374 g/mol. The van der Waals surface area contributed by atoms with Crippen LogP contribution in [0.5, 0.6) is 11.5 Å². The standard InChI is InChI=1S/C15H18O11/c1-5-7(16)3-6(4-8(5)17)14(23)26-12(15(24)25-2)10(19)9(18)11(20)13(21)22/h3-4,9-12,16-20H,1-2H3,(H,21,22)/t9-,10+,11+,12-/m1/s1. The van der Waals surface area contributed by atoms with Gasteiger partial charge in [0, 0.05) is 5.56 Å². The number of ether oxygens (including phenoxy) is 2. The minimum Gasteiger partial charge on any atom is -0.508 e. The number of esters is 2. The molecule has 0 amide bonds. The van der Waals surface area contributed by atoms with E-state index in [1.54, 1.807) is 0 Å². The predicted octanol–water partition coefficient (Wildman–Crippen LogP) is -1.73. The number of aromatic hydroxyl groups is 2. The molecule has 0 aliphatic heterocycles. The minimum atomic E-state index is -2.47. The van der Waals surface area contributed by atoms with Crippen molar-refractivity contribution in [3.63, 3.8) is 0 Å². The molecule has 0 unspecified atom stereocenters. The van der Waals surface area contributed by atoms with Crippen molar-refractivity contribution in [2.75, 3.05) is 7.11 Å². The van der Waals surface area contributed by atoms with Gasteiger partial charge < -0.3 is 40.1 Å². The fourth-order valence-corrected chi connectivity index (χ4v) is 1.87. The summed E-state index contributed by atoms with van der Waals surface area (Å²) < 4.78 is 9.01. The van der Waals surface area contributed by atoms with Gasteiger partial charge >= 0.3 is 17.9 Å². The largest absolute Gasteiger partial charge is 0.508 e. The summed E-state index contributed by atoms with van der Waals surface area (Å²) in [5.41, 5.74) is -0.328. The van der Waals surface area contributed by atoms with Crippen LogP contribution in [0.2, 0.25) is 0 Å². The average Bonchev–Trinajstić information content (AvgIpc) is 2.60. The molecule has 0 aromatic heterocycles. The molecule has 1 aromatic rings. The molecule has 1 aromatic carbocycles. The highest BCUT2D eigenvalue weighted by atomic mass is 16.6. The Balaban J connectivity index is 3.10. The quantitative estimate of drug-likeness (QED) is 0.297. The lowest BCUT2D eigenvalue weighted by Gasteiger charge is -2.26. The van der Waals surface area contributed by atoms with Gasteiger partial charge in [-0.25, -0.2) is 14.4 Å². The highest BCUT2D eigenvalue weighted by molar-refractivity contribution is 5.92. The molecular weight excluding hydrogens is 356 g/mol. The maximum Gasteiger partial charge on any atom is 0.350 e. The van der Waals surface area contributed by atoms with Crippen LogP contribution in [-0.2, 0) is 19.1 Å². The lowest BCUT2D eigenvalue weighted by Crippen LogP contribution is -2.51. The molecule has 0 saturated heterocycles. The summed E-state index contributed by atoms with van der Waals surface area (Å²) in [5.74, 6) is -5.44. The number of rotatable bonds is 7. The van der Waals surface area contributed by atoms with Crippen LogP contribution in [0.15, 0.2) is 12.1 Å². The fraction of sp³-hybridized carbons (Fsp3) is 0.400. The summed E-state index contributed by atoms with van der Waals surface area (Å²) in [6, 6.07) is 1.83. The van der Waals surface area contributed by atoms with Crippen molar-refractivity contribution in [3.05, 3.63) is 23.3 Å². The van der Waals surface area contributed by atoms with E-state index in [0.717, 1.165) is 19.2 Å². The number of carboxylic acid groups (broad SMARTS) is 1. The van der Waals surface area contributed by atoms with E-state index >= 15 is 0 Å². The van der Waals surface area contributed by atoms with Crippen LogP contribution in [0.4, 0.5) is 0 Å². The van der Waals surface area contributed by atoms with Gasteiger partial charge in [-0.1, -0.05) is 0 Å². The van der Waals surface area contributed by atoms with Crippen molar-refractivity contribution < 1.29 is 54.5 Å². The Morgan fingerprint density at radius 1 is 1.00 bits per heavy atom. The Labute approximate surface area is 146 Å². The van der Waals surface area contributed by atoms with E-state index in [-0.39, 0.29) is 5.56 Å². The van der Waals surface area contributed by atoms with Crippen molar-refractivity contribution in [1.82, 2.24) is 0 Å². The van der Waals surface area contributed by atoms with Crippen molar-refractivity contribution in [1.29, 1.82) is 0 Å². The molecule has 0 bridgehead atoms. The van der Waals surface area contributed by atoms with Gasteiger partial charge in [0.15, 0.2) is 6.10 Å². The molecule has 0 heterocycles. The summed E-state index contributed by atoms with van der Waals surface area (Å²) in [4.78, 5) is 34.5. The number of phenolic OH excluding ortho intramolecular Hbond substituents is 2. The van der Waals surface area contributed by atoms with Gasteiger partial charge in [-0.3, -0.25) is 0 Å².